The van der Waals surface area contributed by atoms with Gasteiger partial charge < -0.3 is 10.4 Å². The molecule has 0 aliphatic heterocycles. The molecule has 1 atom stereocenters. The number of amides is 1. The maximum atomic E-state index is 12.1. The van der Waals surface area contributed by atoms with Gasteiger partial charge in [0.05, 0.1) is 5.52 Å². The number of pyridine rings is 1. The second-order valence-electron chi connectivity index (χ2n) is 4.50. The molecule has 0 aliphatic rings. The Bertz CT molecular complexity index is 825. The van der Waals surface area contributed by atoms with Gasteiger partial charge in [-0.25, -0.2) is 13.4 Å². The fourth-order valence-corrected chi connectivity index (χ4v) is 2.54. The summed E-state index contributed by atoms with van der Waals surface area (Å²) in [6.45, 7) is 1.30. The third-order valence-electron chi connectivity index (χ3n) is 2.78. The summed E-state index contributed by atoms with van der Waals surface area (Å²) in [6, 6.07) is 3.65. The molecule has 0 saturated carbocycles. The predicted octanol–water partition coefficient (Wildman–Crippen LogP) is -0.0593. The first-order chi connectivity index (χ1) is 9.71. The van der Waals surface area contributed by atoms with Gasteiger partial charge >= 0.3 is 5.97 Å². The van der Waals surface area contributed by atoms with Crippen molar-refractivity contribution in [3.63, 3.8) is 0 Å². The smallest absolute Gasteiger partial charge is 0.325 e. The Balaban J connectivity index is 2.55. The highest BCUT2D eigenvalue weighted by Crippen LogP contribution is 2.16. The average Bonchev–Trinajstić information content (AvgIpc) is 2.77. The number of nitrogens with one attached hydrogen (secondary N) is 1. The topological polar surface area (TPSA) is 118 Å². The van der Waals surface area contributed by atoms with Crippen LogP contribution in [0.2, 0.25) is 0 Å². The van der Waals surface area contributed by atoms with Crippen molar-refractivity contribution in [3.8, 4) is 0 Å². The number of hydrogen-bond donors (Lipinski definition) is 2. The van der Waals surface area contributed by atoms with Gasteiger partial charge in [-0.1, -0.05) is 6.07 Å². The summed E-state index contributed by atoms with van der Waals surface area (Å²) >= 11 is 0. The van der Waals surface area contributed by atoms with Gasteiger partial charge in [0.25, 0.3) is 5.91 Å². The van der Waals surface area contributed by atoms with E-state index in [-0.39, 0.29) is 16.4 Å². The van der Waals surface area contributed by atoms with Crippen LogP contribution in [0.25, 0.3) is 5.52 Å². The number of nitrogens with zero attached hydrogens (tertiary/aromatic N) is 2. The molecule has 9 heteroatoms. The minimum absolute atomic E-state index is 0.135. The van der Waals surface area contributed by atoms with Crippen LogP contribution >= 0.6 is 0 Å². The third-order valence-corrected chi connectivity index (χ3v) is 3.73. The van der Waals surface area contributed by atoms with E-state index in [0.29, 0.717) is 0 Å². The van der Waals surface area contributed by atoms with Gasteiger partial charge in [-0.3, -0.25) is 14.0 Å². The molecule has 2 aromatic heterocycles. The minimum Gasteiger partial charge on any atom is -0.480 e. The molecule has 2 N–H and O–H groups in total. The molecule has 0 aliphatic carbocycles. The van der Waals surface area contributed by atoms with Crippen molar-refractivity contribution in [3.05, 3.63) is 30.1 Å². The number of carboxylic acids is 1. The van der Waals surface area contributed by atoms with E-state index in [2.05, 4.69) is 10.3 Å². The summed E-state index contributed by atoms with van der Waals surface area (Å²) < 4.78 is 24.7. The summed E-state index contributed by atoms with van der Waals surface area (Å²) in [4.78, 5) is 26.7. The largest absolute Gasteiger partial charge is 0.480 e. The van der Waals surface area contributed by atoms with E-state index in [4.69, 9.17) is 5.11 Å². The highest BCUT2D eigenvalue weighted by Gasteiger charge is 2.24. The predicted molar refractivity (Wildman–Crippen MR) is 72.9 cm³/mol. The van der Waals surface area contributed by atoms with E-state index in [1.54, 1.807) is 12.1 Å². The number of aliphatic carboxylic acids is 1. The van der Waals surface area contributed by atoms with Crippen LogP contribution in [0.15, 0.2) is 29.6 Å². The van der Waals surface area contributed by atoms with Gasteiger partial charge in [0.2, 0.25) is 15.0 Å². The Morgan fingerprint density at radius 3 is 2.62 bits per heavy atom. The molecule has 0 unspecified atom stereocenters. The molecule has 2 rings (SSSR count). The lowest BCUT2D eigenvalue weighted by atomic mass is 10.3. The summed E-state index contributed by atoms with van der Waals surface area (Å²) in [5.74, 6) is -1.95. The van der Waals surface area contributed by atoms with Gasteiger partial charge in [-0.2, -0.15) is 0 Å². The Labute approximate surface area is 120 Å². The Morgan fingerprint density at radius 2 is 2.05 bits per heavy atom. The van der Waals surface area contributed by atoms with E-state index < -0.39 is 27.8 Å². The quantitative estimate of drug-likeness (QED) is 0.816. The van der Waals surface area contributed by atoms with Crippen molar-refractivity contribution in [1.29, 1.82) is 0 Å². The SMILES string of the molecule is C[C@@H](NC(=O)c1nc(S(C)(=O)=O)n2ccccc12)C(=O)O. The molecule has 0 saturated heterocycles. The second-order valence-corrected chi connectivity index (χ2v) is 6.41. The highest BCUT2D eigenvalue weighted by molar-refractivity contribution is 7.90. The molecular formula is C12H13N3O5S. The first-order valence-electron chi connectivity index (χ1n) is 5.92. The van der Waals surface area contributed by atoms with E-state index >= 15 is 0 Å². The van der Waals surface area contributed by atoms with Crippen molar-refractivity contribution >= 4 is 27.2 Å². The third kappa shape index (κ3) is 2.87. The zero-order valence-corrected chi connectivity index (χ0v) is 12.1. The van der Waals surface area contributed by atoms with Crippen molar-refractivity contribution in [2.75, 3.05) is 6.26 Å². The molecule has 0 aromatic carbocycles. The van der Waals surface area contributed by atoms with Gasteiger partial charge in [-0.15, -0.1) is 0 Å². The lowest BCUT2D eigenvalue weighted by Gasteiger charge is -2.07. The fraction of sp³-hybridized carbons (Fsp3) is 0.250. The number of sulfone groups is 1. The molecule has 1 amide bonds. The number of aromatic nitrogens is 2. The zero-order chi connectivity index (χ0) is 15.8. The van der Waals surface area contributed by atoms with Crippen LogP contribution in [0, 0.1) is 0 Å². The molecule has 0 fully saturated rings. The Hall–Kier alpha value is -2.42. The molecule has 0 bridgehead atoms. The van der Waals surface area contributed by atoms with E-state index in [0.717, 1.165) is 6.26 Å². The van der Waals surface area contributed by atoms with Gasteiger partial charge in [0, 0.05) is 12.5 Å². The number of imidazole rings is 1. The fourth-order valence-electron chi connectivity index (χ4n) is 1.77. The number of hydrogen-bond acceptors (Lipinski definition) is 5. The zero-order valence-electron chi connectivity index (χ0n) is 11.3. The average molecular weight is 311 g/mol. The summed E-state index contributed by atoms with van der Waals surface area (Å²) in [5, 5.41) is 10.8. The monoisotopic (exact) mass is 311 g/mol. The maximum Gasteiger partial charge on any atom is 0.325 e. The van der Waals surface area contributed by atoms with Gasteiger partial charge in [-0.05, 0) is 19.1 Å². The molecule has 112 valence electrons. The number of rotatable bonds is 4. The lowest BCUT2D eigenvalue weighted by Crippen LogP contribution is -2.38. The van der Waals surface area contributed by atoms with Crippen LogP contribution in [-0.2, 0) is 14.6 Å². The second kappa shape index (κ2) is 5.17. The van der Waals surface area contributed by atoms with Crippen molar-refractivity contribution in [2.45, 2.75) is 18.1 Å². The van der Waals surface area contributed by atoms with Crippen LogP contribution in [-0.4, -0.2) is 47.1 Å². The molecule has 0 spiro atoms. The molecule has 2 heterocycles. The summed E-state index contributed by atoms with van der Waals surface area (Å²) in [6.07, 6.45) is 2.45. The Morgan fingerprint density at radius 1 is 1.38 bits per heavy atom. The standard InChI is InChI=1S/C12H13N3O5S/c1-7(11(17)18)13-10(16)9-8-5-3-4-6-15(8)12(14-9)21(2,19)20/h3-7H,1-2H3,(H,13,16)(H,17,18)/t7-/m1/s1. The first kappa shape index (κ1) is 15.0. The van der Waals surface area contributed by atoms with Crippen LogP contribution in [0.1, 0.15) is 17.4 Å². The maximum absolute atomic E-state index is 12.1. The lowest BCUT2D eigenvalue weighted by molar-refractivity contribution is -0.138. The van der Waals surface area contributed by atoms with Crippen LogP contribution < -0.4 is 5.32 Å². The van der Waals surface area contributed by atoms with Gasteiger partial charge in [0.15, 0.2) is 5.69 Å². The Kier molecular flexibility index (Phi) is 3.69. The number of carbonyl (C=O) groups excluding carboxylic acids is 1. The molecular weight excluding hydrogens is 298 g/mol. The minimum atomic E-state index is -3.63. The number of carboxylic acid groups (broad SMARTS) is 1. The van der Waals surface area contributed by atoms with E-state index in [9.17, 15) is 18.0 Å². The normalized spacial score (nSPS) is 13.0. The highest BCUT2D eigenvalue weighted by atomic mass is 32.2. The first-order valence-corrected chi connectivity index (χ1v) is 7.81. The van der Waals surface area contributed by atoms with E-state index in [1.807, 2.05) is 0 Å². The number of fused-ring (bicyclic) bond motifs is 1. The van der Waals surface area contributed by atoms with Crippen LogP contribution in [0.3, 0.4) is 0 Å². The van der Waals surface area contributed by atoms with Gasteiger partial charge in [0.1, 0.15) is 6.04 Å². The van der Waals surface area contributed by atoms with Crippen molar-refractivity contribution < 1.29 is 23.1 Å². The molecule has 8 nitrogen and oxygen atoms in total. The number of carbonyl (C=O) groups is 2. The molecule has 21 heavy (non-hydrogen) atoms. The molecule has 0 radical (unpaired) electrons. The summed E-state index contributed by atoms with van der Waals surface area (Å²) in [5.41, 5.74) is 0.150. The van der Waals surface area contributed by atoms with E-state index in [1.165, 1.54) is 23.6 Å². The van der Waals surface area contributed by atoms with Crippen LogP contribution in [0.5, 0.6) is 0 Å². The molecule has 2 aromatic rings. The van der Waals surface area contributed by atoms with Crippen molar-refractivity contribution in [1.82, 2.24) is 14.7 Å². The summed E-state index contributed by atoms with van der Waals surface area (Å²) in [7, 11) is -3.63. The van der Waals surface area contributed by atoms with Crippen molar-refractivity contribution in [2.24, 2.45) is 0 Å². The van der Waals surface area contributed by atoms with Crippen LogP contribution in [0.4, 0.5) is 0 Å².